The molecule has 0 aliphatic carbocycles. The van der Waals surface area contributed by atoms with Gasteiger partial charge in [0.2, 0.25) is 0 Å². The van der Waals surface area contributed by atoms with Crippen molar-refractivity contribution in [2.45, 2.75) is 19.6 Å². The van der Waals surface area contributed by atoms with E-state index in [1.807, 2.05) is 0 Å². The fraction of sp³-hybridized carbons (Fsp3) is 1.00. The van der Waals surface area contributed by atoms with E-state index < -0.39 is 4.63 Å². The Labute approximate surface area is 57.3 Å². The van der Waals surface area contributed by atoms with E-state index in [2.05, 4.69) is 19.6 Å². The van der Waals surface area contributed by atoms with Gasteiger partial charge < -0.3 is 6.15 Å². The summed E-state index contributed by atoms with van der Waals surface area (Å²) in [6.45, 7) is 7.16. The Kier molecular flexibility index (Phi) is 5.47. The molecule has 0 amide bonds. The summed E-state index contributed by atoms with van der Waals surface area (Å²) in [5.74, 6) is 0. The van der Waals surface area contributed by atoms with Gasteiger partial charge in [-0.2, -0.15) is 0 Å². The van der Waals surface area contributed by atoms with Crippen LogP contribution in [0.2, 0.25) is 19.6 Å². The standard InChI is InChI=1S/C3H9Si.H3N.Na/c1-4(2)3;;/h1-3H3;1H3;. The van der Waals surface area contributed by atoms with Crippen molar-refractivity contribution in [3.05, 3.63) is 0 Å². The minimum absolute atomic E-state index is 0. The SMILES string of the molecule is C[Si](C)(C)[Na].N. The van der Waals surface area contributed by atoms with Gasteiger partial charge in [-0.3, -0.25) is 0 Å². The van der Waals surface area contributed by atoms with Gasteiger partial charge in [0, 0.05) is 0 Å². The predicted octanol–water partition coefficient (Wildman–Crippen LogP) is 1.15. The first-order chi connectivity index (χ1) is 2.00. The van der Waals surface area contributed by atoms with E-state index >= 15 is 0 Å². The quantitative estimate of drug-likeness (QED) is 0.470. The molecule has 0 fully saturated rings. The molecule has 0 spiro atoms. The molecule has 0 aromatic heterocycles. The molecule has 6 heavy (non-hydrogen) atoms. The van der Waals surface area contributed by atoms with Crippen molar-refractivity contribution in [2.75, 3.05) is 0 Å². The summed E-state index contributed by atoms with van der Waals surface area (Å²) in [6, 6.07) is 0. The van der Waals surface area contributed by atoms with Crippen molar-refractivity contribution in [3.8, 4) is 0 Å². The zero-order valence-electron chi connectivity index (χ0n) is 5.21. The Morgan fingerprint density at radius 1 is 1.17 bits per heavy atom. The first-order valence-corrected chi connectivity index (χ1v) is 9.00. The maximum Gasteiger partial charge on any atom is -0.344 e. The van der Waals surface area contributed by atoms with Gasteiger partial charge in [-0.25, -0.2) is 0 Å². The van der Waals surface area contributed by atoms with E-state index in [9.17, 15) is 0 Å². The zero-order valence-corrected chi connectivity index (χ0v) is 8.21. The molecule has 0 atom stereocenters. The molecule has 34 valence electrons. The third-order valence-electron chi connectivity index (χ3n) is 0. The van der Waals surface area contributed by atoms with Gasteiger partial charge in [0.25, 0.3) is 0 Å². The average molecular weight is 113 g/mol. The Bertz CT molecular complexity index is 26.3. The van der Waals surface area contributed by atoms with Crippen LogP contribution < -0.4 is 6.15 Å². The minimum atomic E-state index is -0.472. The van der Waals surface area contributed by atoms with Crippen LogP contribution in [-0.2, 0) is 0 Å². The number of hydrogen-bond donors (Lipinski definition) is 1. The van der Waals surface area contributed by atoms with Gasteiger partial charge in [-0.15, -0.1) is 0 Å². The van der Waals surface area contributed by atoms with Crippen LogP contribution in [0.4, 0.5) is 0 Å². The van der Waals surface area contributed by atoms with Gasteiger partial charge in [-0.05, 0) is 0 Å². The van der Waals surface area contributed by atoms with E-state index in [-0.39, 0.29) is 6.15 Å². The van der Waals surface area contributed by atoms with Crippen LogP contribution in [0.15, 0.2) is 0 Å². The molecule has 0 aliphatic heterocycles. The molecule has 0 aliphatic rings. The Morgan fingerprint density at radius 2 is 1.17 bits per heavy atom. The Morgan fingerprint density at radius 3 is 1.17 bits per heavy atom. The van der Waals surface area contributed by atoms with Crippen LogP contribution in [0.1, 0.15) is 0 Å². The smallest absolute Gasteiger partial charge is 0.344 e. The van der Waals surface area contributed by atoms with E-state index in [4.69, 9.17) is 0 Å². The monoisotopic (exact) mass is 113 g/mol. The first-order valence-electron chi connectivity index (χ1n) is 2.00. The van der Waals surface area contributed by atoms with E-state index in [0.717, 1.165) is 0 Å². The van der Waals surface area contributed by atoms with Crippen molar-refractivity contribution in [1.82, 2.24) is 6.15 Å². The summed E-state index contributed by atoms with van der Waals surface area (Å²) >= 11 is 1.45. The second-order valence-electron chi connectivity index (χ2n) is 3.00. The van der Waals surface area contributed by atoms with Crippen molar-refractivity contribution in [3.63, 3.8) is 0 Å². The number of rotatable bonds is 0. The second-order valence-corrected chi connectivity index (χ2v) is 18.0. The third kappa shape index (κ3) is 65.2. The van der Waals surface area contributed by atoms with Crippen LogP contribution in [0.25, 0.3) is 0 Å². The van der Waals surface area contributed by atoms with Gasteiger partial charge >= 0.3 is 51.3 Å². The molecule has 0 unspecified atom stereocenters. The summed E-state index contributed by atoms with van der Waals surface area (Å²) < 4.78 is -0.472. The molecule has 0 saturated heterocycles. The van der Waals surface area contributed by atoms with Crippen LogP contribution in [-0.4, -0.2) is 31.7 Å². The molecule has 3 heteroatoms. The molecule has 0 aromatic carbocycles. The fourth-order valence-electron chi connectivity index (χ4n) is 0. The number of hydrogen-bond acceptors (Lipinski definition) is 1. The molecule has 0 rings (SSSR count). The van der Waals surface area contributed by atoms with Crippen molar-refractivity contribution in [2.24, 2.45) is 0 Å². The molecule has 3 N–H and O–H groups in total. The van der Waals surface area contributed by atoms with Crippen LogP contribution in [0.5, 0.6) is 0 Å². The van der Waals surface area contributed by atoms with Crippen LogP contribution >= 0.6 is 0 Å². The van der Waals surface area contributed by atoms with E-state index in [1.165, 1.54) is 27.0 Å². The Balaban J connectivity index is 0. The fourth-order valence-corrected chi connectivity index (χ4v) is 0. The molecule has 0 aromatic rings. The van der Waals surface area contributed by atoms with Gasteiger partial charge in [-0.1, -0.05) is 0 Å². The predicted molar refractivity (Wildman–Crippen MR) is 34.1 cm³/mol. The largest absolute Gasteiger partial charge is 0.344 e. The molecule has 0 saturated carbocycles. The minimum Gasteiger partial charge on any atom is -0.344 e. The first kappa shape index (κ1) is 10.2. The maximum atomic E-state index is 2.39. The molecule has 1 nitrogen and oxygen atoms in total. The van der Waals surface area contributed by atoms with E-state index in [1.54, 1.807) is 0 Å². The van der Waals surface area contributed by atoms with Crippen LogP contribution in [0.3, 0.4) is 0 Å². The second kappa shape index (κ2) is 3.21. The van der Waals surface area contributed by atoms with Crippen molar-refractivity contribution < 1.29 is 0 Å². The van der Waals surface area contributed by atoms with Gasteiger partial charge in [0.15, 0.2) is 0 Å². The molecule has 0 bridgehead atoms. The van der Waals surface area contributed by atoms with Gasteiger partial charge in [0.1, 0.15) is 0 Å². The molecular formula is C3H12NNaSi. The molecule has 0 heterocycles. The third-order valence-corrected chi connectivity index (χ3v) is 0. The maximum absolute atomic E-state index is 2.39. The molecular weight excluding hydrogens is 101 g/mol. The summed E-state index contributed by atoms with van der Waals surface area (Å²) in [5, 5.41) is 0. The average Bonchev–Trinajstić information content (AvgIpc) is 0.722. The topological polar surface area (TPSA) is 35.0 Å². The van der Waals surface area contributed by atoms with E-state index in [0.29, 0.717) is 0 Å². The normalized spacial score (nSPS) is 10.2. The molecule has 0 radical (unpaired) electrons. The zero-order chi connectivity index (χ0) is 4.50. The summed E-state index contributed by atoms with van der Waals surface area (Å²) in [4.78, 5) is 0. The summed E-state index contributed by atoms with van der Waals surface area (Å²) in [5.41, 5.74) is 0. The van der Waals surface area contributed by atoms with Crippen LogP contribution in [0, 0.1) is 0 Å². The Hall–Kier alpha value is 1.18. The van der Waals surface area contributed by atoms with Crippen molar-refractivity contribution >= 4 is 31.7 Å². The summed E-state index contributed by atoms with van der Waals surface area (Å²) in [6.07, 6.45) is 0. The van der Waals surface area contributed by atoms with Gasteiger partial charge in [0.05, 0.1) is 0 Å². The summed E-state index contributed by atoms with van der Waals surface area (Å²) in [7, 11) is 0. The van der Waals surface area contributed by atoms with Crippen molar-refractivity contribution in [1.29, 1.82) is 0 Å².